The lowest BCUT2D eigenvalue weighted by molar-refractivity contribution is 0.168. The molecule has 0 aliphatic carbocycles. The van der Waals surface area contributed by atoms with Gasteiger partial charge in [-0.15, -0.1) is 0 Å². The first-order valence-corrected chi connectivity index (χ1v) is 7.66. The number of imidazole rings is 2. The normalized spacial score (nSPS) is 17.4. The minimum atomic E-state index is -0.0135. The highest BCUT2D eigenvalue weighted by molar-refractivity contribution is 4.89. The molecule has 0 aromatic carbocycles. The molecule has 1 saturated heterocycles. The van der Waals surface area contributed by atoms with Gasteiger partial charge in [-0.3, -0.25) is 4.57 Å². The maximum Gasteiger partial charge on any atom is 0.325 e. The van der Waals surface area contributed by atoms with Gasteiger partial charge >= 0.3 is 5.69 Å². The Hall–Kier alpha value is -1.82. The molecule has 0 atom stereocenters. The monoisotopic (exact) mass is 289 g/mol. The maximum absolute atomic E-state index is 11.4. The molecule has 2 aromatic heterocycles. The van der Waals surface area contributed by atoms with Gasteiger partial charge in [-0.1, -0.05) is 0 Å². The summed E-state index contributed by atoms with van der Waals surface area (Å²) in [7, 11) is 0. The topological polar surface area (TPSA) is 58.9 Å². The molecule has 6 heteroatoms. The van der Waals surface area contributed by atoms with Crippen molar-refractivity contribution in [3.05, 3.63) is 41.1 Å². The standard InChI is InChI=1S/C15H23N5O/c1-13-16-4-9-20(13)12-14-2-6-18(7-3-14)10-11-19-8-5-17-15(19)21/h4-5,8-9,14H,2-3,6-7,10-12H2,1H3,(H,17,21). The smallest absolute Gasteiger partial charge is 0.325 e. The number of hydrogen-bond acceptors (Lipinski definition) is 3. The number of aromatic amines is 1. The summed E-state index contributed by atoms with van der Waals surface area (Å²) in [6, 6.07) is 0. The minimum Gasteiger partial charge on any atom is -0.335 e. The van der Waals surface area contributed by atoms with E-state index in [9.17, 15) is 4.79 Å². The van der Waals surface area contributed by atoms with Gasteiger partial charge in [0.1, 0.15) is 5.82 Å². The predicted molar refractivity (Wildman–Crippen MR) is 81.2 cm³/mol. The zero-order valence-corrected chi connectivity index (χ0v) is 12.5. The highest BCUT2D eigenvalue weighted by Gasteiger charge is 2.19. The Kier molecular flexibility index (Phi) is 4.24. The highest BCUT2D eigenvalue weighted by Crippen LogP contribution is 2.19. The van der Waals surface area contributed by atoms with Crippen molar-refractivity contribution in [2.45, 2.75) is 32.9 Å². The lowest BCUT2D eigenvalue weighted by Crippen LogP contribution is -2.37. The first-order valence-electron chi connectivity index (χ1n) is 7.66. The molecule has 0 radical (unpaired) electrons. The Labute approximate surface area is 124 Å². The molecule has 114 valence electrons. The Morgan fingerprint density at radius 2 is 2.05 bits per heavy atom. The summed E-state index contributed by atoms with van der Waals surface area (Å²) in [5, 5.41) is 0. The van der Waals surface area contributed by atoms with E-state index < -0.39 is 0 Å². The van der Waals surface area contributed by atoms with Gasteiger partial charge in [0, 0.05) is 44.4 Å². The fraction of sp³-hybridized carbons (Fsp3) is 0.600. The molecule has 1 fully saturated rings. The molecule has 3 heterocycles. The van der Waals surface area contributed by atoms with E-state index in [1.807, 2.05) is 12.4 Å². The van der Waals surface area contributed by atoms with E-state index in [2.05, 4.69) is 32.6 Å². The van der Waals surface area contributed by atoms with Crippen LogP contribution in [0.15, 0.2) is 29.6 Å². The fourth-order valence-corrected chi connectivity index (χ4v) is 3.04. The molecular weight excluding hydrogens is 266 g/mol. The summed E-state index contributed by atoms with van der Waals surface area (Å²) in [5.74, 6) is 1.84. The third-order valence-electron chi connectivity index (χ3n) is 4.46. The van der Waals surface area contributed by atoms with Crippen molar-refractivity contribution in [2.24, 2.45) is 5.92 Å². The van der Waals surface area contributed by atoms with Crippen LogP contribution in [0.1, 0.15) is 18.7 Å². The van der Waals surface area contributed by atoms with Gasteiger partial charge < -0.3 is 14.5 Å². The fourth-order valence-electron chi connectivity index (χ4n) is 3.04. The van der Waals surface area contributed by atoms with Crippen LogP contribution in [0.4, 0.5) is 0 Å². The van der Waals surface area contributed by atoms with Crippen molar-refractivity contribution >= 4 is 0 Å². The Balaban J connectivity index is 1.44. The summed E-state index contributed by atoms with van der Waals surface area (Å²) in [6.45, 7) is 7.11. The summed E-state index contributed by atoms with van der Waals surface area (Å²) in [6.07, 6.45) is 9.90. The van der Waals surface area contributed by atoms with Crippen molar-refractivity contribution in [1.29, 1.82) is 0 Å². The molecule has 3 rings (SSSR count). The van der Waals surface area contributed by atoms with Crippen molar-refractivity contribution in [1.82, 2.24) is 24.0 Å². The van der Waals surface area contributed by atoms with Crippen LogP contribution >= 0.6 is 0 Å². The molecule has 0 spiro atoms. The molecule has 2 aromatic rings. The second-order valence-electron chi connectivity index (χ2n) is 5.87. The first kappa shape index (κ1) is 14.1. The number of piperidine rings is 1. The largest absolute Gasteiger partial charge is 0.335 e. The van der Waals surface area contributed by atoms with E-state index in [1.54, 1.807) is 10.8 Å². The number of H-pyrrole nitrogens is 1. The third kappa shape index (κ3) is 3.44. The Morgan fingerprint density at radius 1 is 1.24 bits per heavy atom. The van der Waals surface area contributed by atoms with E-state index in [-0.39, 0.29) is 5.69 Å². The van der Waals surface area contributed by atoms with Gasteiger partial charge in [-0.05, 0) is 38.8 Å². The van der Waals surface area contributed by atoms with Crippen LogP contribution in [-0.2, 0) is 13.1 Å². The number of rotatable bonds is 5. The quantitative estimate of drug-likeness (QED) is 0.896. The van der Waals surface area contributed by atoms with E-state index >= 15 is 0 Å². The molecule has 6 nitrogen and oxygen atoms in total. The van der Waals surface area contributed by atoms with Crippen LogP contribution in [0, 0.1) is 12.8 Å². The number of likely N-dealkylation sites (tertiary alicyclic amines) is 1. The molecule has 1 aliphatic heterocycles. The maximum atomic E-state index is 11.4. The molecule has 0 bridgehead atoms. The average Bonchev–Trinajstić information content (AvgIpc) is 3.08. The Morgan fingerprint density at radius 3 is 2.67 bits per heavy atom. The molecule has 0 unspecified atom stereocenters. The summed E-state index contributed by atoms with van der Waals surface area (Å²) >= 11 is 0. The molecule has 0 amide bonds. The molecule has 1 N–H and O–H groups in total. The van der Waals surface area contributed by atoms with E-state index in [0.717, 1.165) is 44.5 Å². The summed E-state index contributed by atoms with van der Waals surface area (Å²) in [4.78, 5) is 20.8. The van der Waals surface area contributed by atoms with E-state index in [4.69, 9.17) is 0 Å². The van der Waals surface area contributed by atoms with Crippen molar-refractivity contribution < 1.29 is 0 Å². The van der Waals surface area contributed by atoms with Gasteiger partial charge in [0.2, 0.25) is 0 Å². The lowest BCUT2D eigenvalue weighted by atomic mass is 9.96. The second kappa shape index (κ2) is 6.30. The minimum absolute atomic E-state index is 0.0135. The predicted octanol–water partition coefficient (Wildman–Crippen LogP) is 1.09. The van der Waals surface area contributed by atoms with Gasteiger partial charge in [0.25, 0.3) is 0 Å². The van der Waals surface area contributed by atoms with Crippen LogP contribution in [0.2, 0.25) is 0 Å². The van der Waals surface area contributed by atoms with E-state index in [1.165, 1.54) is 12.8 Å². The van der Waals surface area contributed by atoms with Crippen molar-refractivity contribution in [3.63, 3.8) is 0 Å². The number of aromatic nitrogens is 4. The Bertz CT molecular complexity index is 618. The van der Waals surface area contributed by atoms with Gasteiger partial charge in [-0.25, -0.2) is 9.78 Å². The molecule has 21 heavy (non-hydrogen) atoms. The summed E-state index contributed by atoms with van der Waals surface area (Å²) in [5.41, 5.74) is -0.0135. The number of hydrogen-bond donors (Lipinski definition) is 1. The van der Waals surface area contributed by atoms with Crippen LogP contribution in [0.25, 0.3) is 0 Å². The number of nitrogens with zero attached hydrogens (tertiary/aromatic N) is 4. The second-order valence-corrected chi connectivity index (χ2v) is 5.87. The highest BCUT2D eigenvalue weighted by atomic mass is 16.1. The molecule has 1 aliphatic rings. The van der Waals surface area contributed by atoms with E-state index in [0.29, 0.717) is 0 Å². The lowest BCUT2D eigenvalue weighted by Gasteiger charge is -2.32. The van der Waals surface area contributed by atoms with Crippen LogP contribution < -0.4 is 5.69 Å². The first-order chi connectivity index (χ1) is 10.2. The van der Waals surface area contributed by atoms with Crippen molar-refractivity contribution in [3.8, 4) is 0 Å². The van der Waals surface area contributed by atoms with Gasteiger partial charge in [-0.2, -0.15) is 0 Å². The van der Waals surface area contributed by atoms with Crippen LogP contribution in [-0.4, -0.2) is 43.6 Å². The number of aryl methyl sites for hydroxylation is 1. The zero-order chi connectivity index (χ0) is 14.7. The van der Waals surface area contributed by atoms with Gasteiger partial charge in [0.15, 0.2) is 0 Å². The SMILES string of the molecule is Cc1nccn1CC1CCN(CCn2cc[nH]c2=O)CC1. The number of nitrogens with one attached hydrogen (secondary N) is 1. The van der Waals surface area contributed by atoms with Gasteiger partial charge in [0.05, 0.1) is 0 Å². The average molecular weight is 289 g/mol. The third-order valence-corrected chi connectivity index (χ3v) is 4.46. The zero-order valence-electron chi connectivity index (χ0n) is 12.5. The summed E-state index contributed by atoms with van der Waals surface area (Å²) < 4.78 is 3.99. The van der Waals surface area contributed by atoms with Crippen LogP contribution in [0.3, 0.4) is 0 Å². The molecule has 0 saturated carbocycles. The molecular formula is C15H23N5O. The van der Waals surface area contributed by atoms with Crippen LogP contribution in [0.5, 0.6) is 0 Å². The van der Waals surface area contributed by atoms with Crippen molar-refractivity contribution in [2.75, 3.05) is 19.6 Å².